The molecular formula is C17H19Cl2N. The van der Waals surface area contributed by atoms with Crippen molar-refractivity contribution >= 4 is 28.9 Å². The molecule has 2 rings (SSSR count). The molecule has 0 unspecified atom stereocenters. The predicted molar refractivity (Wildman–Crippen MR) is 88.9 cm³/mol. The van der Waals surface area contributed by atoms with Gasteiger partial charge in [-0.2, -0.15) is 0 Å². The molecule has 0 amide bonds. The lowest BCUT2D eigenvalue weighted by Crippen LogP contribution is -2.11. The van der Waals surface area contributed by atoms with Crippen molar-refractivity contribution in [2.24, 2.45) is 0 Å². The van der Waals surface area contributed by atoms with Crippen LogP contribution in [-0.4, -0.2) is 0 Å². The van der Waals surface area contributed by atoms with Crippen LogP contribution in [0.5, 0.6) is 0 Å². The van der Waals surface area contributed by atoms with Crippen LogP contribution < -0.4 is 5.32 Å². The van der Waals surface area contributed by atoms with E-state index in [0.717, 1.165) is 12.2 Å². The molecule has 2 aromatic carbocycles. The average molecular weight is 308 g/mol. The molecule has 20 heavy (non-hydrogen) atoms. The first-order chi connectivity index (χ1) is 9.36. The smallest absolute Gasteiger partial charge is 0.0612 e. The summed E-state index contributed by atoms with van der Waals surface area (Å²) in [7, 11) is 0. The molecule has 0 aliphatic heterocycles. The quantitative estimate of drug-likeness (QED) is 0.744. The van der Waals surface area contributed by atoms with E-state index >= 15 is 0 Å². The van der Waals surface area contributed by atoms with Gasteiger partial charge in [0.1, 0.15) is 0 Å². The summed E-state index contributed by atoms with van der Waals surface area (Å²) in [4.78, 5) is 0. The van der Waals surface area contributed by atoms with Gasteiger partial charge in [0.25, 0.3) is 0 Å². The summed E-state index contributed by atoms with van der Waals surface area (Å²) in [6, 6.07) is 14.3. The van der Waals surface area contributed by atoms with E-state index in [0.29, 0.717) is 10.0 Å². The van der Waals surface area contributed by atoms with Crippen LogP contribution >= 0.6 is 23.2 Å². The molecule has 0 aliphatic carbocycles. The summed E-state index contributed by atoms with van der Waals surface area (Å²) >= 11 is 11.9. The number of hydrogen-bond acceptors (Lipinski definition) is 1. The van der Waals surface area contributed by atoms with Crippen molar-refractivity contribution in [3.63, 3.8) is 0 Å². The van der Waals surface area contributed by atoms with Gasteiger partial charge in [-0.3, -0.25) is 0 Å². The van der Waals surface area contributed by atoms with Gasteiger partial charge in [0.05, 0.1) is 10.0 Å². The highest BCUT2D eigenvalue weighted by Crippen LogP contribution is 2.26. The molecule has 0 aliphatic rings. The molecule has 0 aromatic heterocycles. The Labute approximate surface area is 130 Å². The number of nitrogens with one attached hydrogen (secondary N) is 1. The molecule has 0 bridgehead atoms. The Morgan fingerprint density at radius 2 is 1.55 bits per heavy atom. The maximum Gasteiger partial charge on any atom is 0.0612 e. The highest BCUT2D eigenvalue weighted by molar-refractivity contribution is 6.42. The highest BCUT2D eigenvalue weighted by atomic mass is 35.5. The van der Waals surface area contributed by atoms with Crippen LogP contribution in [0.1, 0.15) is 31.9 Å². The third-order valence-corrected chi connectivity index (χ3v) is 3.98. The van der Waals surface area contributed by atoms with E-state index in [2.05, 4.69) is 50.4 Å². The number of rotatable bonds is 3. The summed E-state index contributed by atoms with van der Waals surface area (Å²) in [5.74, 6) is 0. The maximum atomic E-state index is 5.99. The predicted octanol–water partition coefficient (Wildman–Crippen LogP) is 5.90. The molecule has 0 heterocycles. The summed E-state index contributed by atoms with van der Waals surface area (Å²) in [5, 5.41) is 4.49. The molecule has 0 saturated heterocycles. The molecule has 0 saturated carbocycles. The van der Waals surface area contributed by atoms with E-state index < -0.39 is 0 Å². The van der Waals surface area contributed by atoms with Crippen molar-refractivity contribution in [2.45, 2.75) is 32.7 Å². The number of hydrogen-bond donors (Lipinski definition) is 1. The van der Waals surface area contributed by atoms with Gasteiger partial charge >= 0.3 is 0 Å². The van der Waals surface area contributed by atoms with Gasteiger partial charge in [-0.25, -0.2) is 0 Å². The van der Waals surface area contributed by atoms with E-state index in [4.69, 9.17) is 23.2 Å². The number of anilines is 1. The van der Waals surface area contributed by atoms with Gasteiger partial charge in [0, 0.05) is 12.2 Å². The van der Waals surface area contributed by atoms with Crippen molar-refractivity contribution in [3.8, 4) is 0 Å². The molecular weight excluding hydrogens is 289 g/mol. The minimum Gasteiger partial charge on any atom is -0.381 e. The zero-order valence-corrected chi connectivity index (χ0v) is 13.5. The Kier molecular flexibility index (Phi) is 4.62. The fraction of sp³-hybridized carbons (Fsp3) is 0.294. The first kappa shape index (κ1) is 15.2. The Morgan fingerprint density at radius 3 is 2.10 bits per heavy atom. The first-order valence-electron chi connectivity index (χ1n) is 6.64. The van der Waals surface area contributed by atoms with Gasteiger partial charge in [-0.15, -0.1) is 0 Å². The molecule has 0 fully saturated rings. The monoisotopic (exact) mass is 307 g/mol. The summed E-state index contributed by atoms with van der Waals surface area (Å²) in [6.07, 6.45) is 0. The minimum absolute atomic E-state index is 0.190. The fourth-order valence-corrected chi connectivity index (χ4v) is 2.23. The second-order valence-corrected chi connectivity index (χ2v) is 6.74. The molecule has 0 atom stereocenters. The molecule has 1 N–H and O–H groups in total. The lowest BCUT2D eigenvalue weighted by Gasteiger charge is -2.19. The van der Waals surface area contributed by atoms with E-state index in [1.54, 1.807) is 6.07 Å². The lowest BCUT2D eigenvalue weighted by atomic mass is 9.87. The van der Waals surface area contributed by atoms with Gasteiger partial charge in [0.2, 0.25) is 0 Å². The topological polar surface area (TPSA) is 12.0 Å². The van der Waals surface area contributed by atoms with Crippen molar-refractivity contribution in [3.05, 3.63) is 63.6 Å². The van der Waals surface area contributed by atoms with Crippen LogP contribution in [-0.2, 0) is 12.0 Å². The zero-order chi connectivity index (χ0) is 14.8. The van der Waals surface area contributed by atoms with E-state index in [1.807, 2.05) is 12.1 Å². The van der Waals surface area contributed by atoms with E-state index in [1.165, 1.54) is 11.1 Å². The van der Waals surface area contributed by atoms with Crippen LogP contribution in [0.25, 0.3) is 0 Å². The molecule has 2 aromatic rings. The number of benzene rings is 2. The Bertz CT molecular complexity index is 583. The lowest BCUT2D eigenvalue weighted by molar-refractivity contribution is 0.590. The summed E-state index contributed by atoms with van der Waals surface area (Å²) < 4.78 is 0. The normalized spacial score (nSPS) is 11.4. The van der Waals surface area contributed by atoms with E-state index in [-0.39, 0.29) is 5.41 Å². The molecule has 0 spiro atoms. The second kappa shape index (κ2) is 6.07. The number of halogens is 2. The standard InChI is InChI=1S/C17H19Cl2N/c1-17(2,3)13-6-4-12(5-7-13)11-20-14-8-9-15(18)16(19)10-14/h4-10,20H,11H2,1-3H3. The van der Waals surface area contributed by atoms with E-state index in [9.17, 15) is 0 Å². The fourth-order valence-electron chi connectivity index (χ4n) is 1.93. The summed E-state index contributed by atoms with van der Waals surface area (Å²) in [5.41, 5.74) is 3.74. The van der Waals surface area contributed by atoms with Crippen LogP contribution in [0, 0.1) is 0 Å². The van der Waals surface area contributed by atoms with Gasteiger partial charge in [-0.1, -0.05) is 68.2 Å². The van der Waals surface area contributed by atoms with Gasteiger partial charge < -0.3 is 5.32 Å². The molecule has 3 heteroatoms. The Morgan fingerprint density at radius 1 is 0.900 bits per heavy atom. The van der Waals surface area contributed by atoms with Gasteiger partial charge in [-0.05, 0) is 34.7 Å². The molecule has 0 radical (unpaired) electrons. The Balaban J connectivity index is 2.02. The SMILES string of the molecule is CC(C)(C)c1ccc(CNc2ccc(Cl)c(Cl)c2)cc1. The third-order valence-electron chi connectivity index (χ3n) is 3.24. The molecule has 106 valence electrons. The van der Waals surface area contributed by atoms with Crippen LogP contribution in [0.15, 0.2) is 42.5 Å². The first-order valence-corrected chi connectivity index (χ1v) is 7.40. The third kappa shape index (κ3) is 3.91. The van der Waals surface area contributed by atoms with Crippen molar-refractivity contribution in [1.29, 1.82) is 0 Å². The van der Waals surface area contributed by atoms with Crippen LogP contribution in [0.3, 0.4) is 0 Å². The molecule has 1 nitrogen and oxygen atoms in total. The second-order valence-electron chi connectivity index (χ2n) is 5.93. The zero-order valence-electron chi connectivity index (χ0n) is 12.0. The van der Waals surface area contributed by atoms with Gasteiger partial charge in [0.15, 0.2) is 0 Å². The highest BCUT2D eigenvalue weighted by Gasteiger charge is 2.12. The minimum atomic E-state index is 0.190. The van der Waals surface area contributed by atoms with Crippen molar-refractivity contribution in [1.82, 2.24) is 0 Å². The van der Waals surface area contributed by atoms with Crippen LogP contribution in [0.4, 0.5) is 5.69 Å². The largest absolute Gasteiger partial charge is 0.381 e. The van der Waals surface area contributed by atoms with Crippen molar-refractivity contribution < 1.29 is 0 Å². The maximum absolute atomic E-state index is 5.99. The van der Waals surface area contributed by atoms with Crippen molar-refractivity contribution in [2.75, 3.05) is 5.32 Å². The Hall–Kier alpha value is -1.18. The van der Waals surface area contributed by atoms with Crippen LogP contribution in [0.2, 0.25) is 10.0 Å². The summed E-state index contributed by atoms with van der Waals surface area (Å²) in [6.45, 7) is 7.42. The average Bonchev–Trinajstić information content (AvgIpc) is 2.40.